The zero-order valence-corrected chi connectivity index (χ0v) is 10.9. The average Bonchev–Trinajstić information content (AvgIpc) is 2.34. The van der Waals surface area contributed by atoms with Crippen molar-refractivity contribution < 1.29 is 14.3 Å². The molecule has 1 aromatic rings. The molecule has 104 valence electrons. The first-order chi connectivity index (χ1) is 9.02. The van der Waals surface area contributed by atoms with Crippen LogP contribution < -0.4 is 21.5 Å². The molecule has 0 atom stereocenters. The van der Waals surface area contributed by atoms with E-state index in [1.807, 2.05) is 6.92 Å². The monoisotopic (exact) mass is 265 g/mol. The summed E-state index contributed by atoms with van der Waals surface area (Å²) in [6.45, 7) is 2.75. The number of carbonyl (C=O) groups excluding carboxylic acids is 2. The van der Waals surface area contributed by atoms with Crippen LogP contribution in [0.25, 0.3) is 0 Å². The topological polar surface area (TPSA) is 107 Å². The number of ether oxygens (including phenoxy) is 1. The average molecular weight is 265 g/mol. The molecule has 0 aliphatic carbocycles. The summed E-state index contributed by atoms with van der Waals surface area (Å²) in [5.74, 6) is -0.0700. The Labute approximate surface area is 112 Å². The van der Waals surface area contributed by atoms with Crippen LogP contribution >= 0.6 is 0 Å². The molecule has 0 saturated carbocycles. The Morgan fingerprint density at radius 1 is 1.32 bits per heavy atom. The molecule has 0 heterocycles. The van der Waals surface area contributed by atoms with E-state index in [1.54, 1.807) is 18.2 Å². The van der Waals surface area contributed by atoms with Crippen molar-refractivity contribution in [3.63, 3.8) is 0 Å². The van der Waals surface area contributed by atoms with Gasteiger partial charge in [-0.3, -0.25) is 9.59 Å². The fourth-order valence-electron chi connectivity index (χ4n) is 1.57. The highest BCUT2D eigenvalue weighted by atomic mass is 16.5. The number of rotatable bonds is 7. The highest BCUT2D eigenvalue weighted by Crippen LogP contribution is 2.18. The predicted octanol–water partition coefficient (Wildman–Crippen LogP) is 0.663. The SMILES string of the molecule is CCOc1cc(N)cc(C(=O)NCCCC(N)=O)c1. The molecule has 1 rings (SSSR count). The highest BCUT2D eigenvalue weighted by molar-refractivity contribution is 5.95. The van der Waals surface area contributed by atoms with Gasteiger partial charge in [0.15, 0.2) is 0 Å². The lowest BCUT2D eigenvalue weighted by Crippen LogP contribution is -2.25. The van der Waals surface area contributed by atoms with Crippen LogP contribution in [0.1, 0.15) is 30.1 Å². The van der Waals surface area contributed by atoms with Crippen LogP contribution in [0, 0.1) is 0 Å². The Balaban J connectivity index is 2.58. The van der Waals surface area contributed by atoms with E-state index in [0.29, 0.717) is 36.6 Å². The van der Waals surface area contributed by atoms with Gasteiger partial charge in [-0.1, -0.05) is 0 Å². The lowest BCUT2D eigenvalue weighted by molar-refractivity contribution is -0.118. The molecule has 0 radical (unpaired) electrons. The molecule has 0 saturated heterocycles. The number of carbonyl (C=O) groups is 2. The van der Waals surface area contributed by atoms with Gasteiger partial charge in [0.1, 0.15) is 5.75 Å². The number of nitrogen functional groups attached to an aromatic ring is 1. The van der Waals surface area contributed by atoms with E-state index >= 15 is 0 Å². The third kappa shape index (κ3) is 5.29. The van der Waals surface area contributed by atoms with Crippen LogP contribution in [0.15, 0.2) is 18.2 Å². The van der Waals surface area contributed by atoms with Gasteiger partial charge in [0, 0.05) is 30.3 Å². The van der Waals surface area contributed by atoms with Gasteiger partial charge >= 0.3 is 0 Å². The first-order valence-electron chi connectivity index (χ1n) is 6.12. The van der Waals surface area contributed by atoms with Crippen molar-refractivity contribution in [1.29, 1.82) is 0 Å². The molecule has 0 spiro atoms. The van der Waals surface area contributed by atoms with E-state index < -0.39 is 0 Å². The number of benzene rings is 1. The first kappa shape index (κ1) is 14.8. The molecule has 6 heteroatoms. The van der Waals surface area contributed by atoms with Crippen LogP contribution in [-0.2, 0) is 4.79 Å². The summed E-state index contributed by atoms with van der Waals surface area (Å²) in [4.78, 5) is 22.4. The van der Waals surface area contributed by atoms with E-state index in [-0.39, 0.29) is 18.2 Å². The van der Waals surface area contributed by atoms with Gasteiger partial charge in [-0.05, 0) is 25.5 Å². The zero-order chi connectivity index (χ0) is 14.3. The maximum absolute atomic E-state index is 11.9. The molecule has 5 N–H and O–H groups in total. The van der Waals surface area contributed by atoms with Gasteiger partial charge in [0.25, 0.3) is 5.91 Å². The van der Waals surface area contributed by atoms with Gasteiger partial charge in [-0.15, -0.1) is 0 Å². The zero-order valence-electron chi connectivity index (χ0n) is 10.9. The minimum absolute atomic E-state index is 0.251. The summed E-state index contributed by atoms with van der Waals surface area (Å²) in [6.07, 6.45) is 0.767. The van der Waals surface area contributed by atoms with Gasteiger partial charge in [0.05, 0.1) is 6.61 Å². The molecule has 0 fully saturated rings. The number of hydrogen-bond donors (Lipinski definition) is 3. The maximum Gasteiger partial charge on any atom is 0.251 e. The Morgan fingerprint density at radius 3 is 2.68 bits per heavy atom. The third-order valence-electron chi connectivity index (χ3n) is 2.39. The van der Waals surface area contributed by atoms with Gasteiger partial charge in [-0.2, -0.15) is 0 Å². The molecular formula is C13H19N3O3. The van der Waals surface area contributed by atoms with Crippen molar-refractivity contribution in [3.05, 3.63) is 23.8 Å². The fourth-order valence-corrected chi connectivity index (χ4v) is 1.57. The molecule has 0 aliphatic rings. The normalized spacial score (nSPS) is 9.95. The largest absolute Gasteiger partial charge is 0.494 e. The Kier molecular flexibility index (Phi) is 5.66. The Morgan fingerprint density at radius 2 is 2.05 bits per heavy atom. The summed E-state index contributed by atoms with van der Waals surface area (Å²) < 4.78 is 5.31. The lowest BCUT2D eigenvalue weighted by atomic mass is 10.1. The summed E-state index contributed by atoms with van der Waals surface area (Å²) in [5, 5.41) is 2.69. The summed E-state index contributed by atoms with van der Waals surface area (Å²) in [7, 11) is 0. The molecule has 0 bridgehead atoms. The van der Waals surface area contributed by atoms with E-state index in [9.17, 15) is 9.59 Å². The summed E-state index contributed by atoms with van der Waals surface area (Å²) >= 11 is 0. The van der Waals surface area contributed by atoms with E-state index in [2.05, 4.69) is 5.32 Å². The predicted molar refractivity (Wildman–Crippen MR) is 72.8 cm³/mol. The van der Waals surface area contributed by atoms with Gasteiger partial charge in [0.2, 0.25) is 5.91 Å². The third-order valence-corrected chi connectivity index (χ3v) is 2.39. The van der Waals surface area contributed by atoms with Gasteiger partial charge < -0.3 is 21.5 Å². The number of primary amides is 1. The number of nitrogens with one attached hydrogen (secondary N) is 1. The minimum Gasteiger partial charge on any atom is -0.494 e. The second-order valence-electron chi connectivity index (χ2n) is 4.05. The van der Waals surface area contributed by atoms with Crippen molar-refractivity contribution in [2.45, 2.75) is 19.8 Å². The molecule has 1 aromatic carbocycles. The number of nitrogens with two attached hydrogens (primary N) is 2. The van der Waals surface area contributed by atoms with Crippen molar-refractivity contribution in [3.8, 4) is 5.75 Å². The Hall–Kier alpha value is -2.24. The van der Waals surface area contributed by atoms with Gasteiger partial charge in [-0.25, -0.2) is 0 Å². The van der Waals surface area contributed by atoms with Crippen LogP contribution in [0.2, 0.25) is 0 Å². The van der Waals surface area contributed by atoms with E-state index in [0.717, 1.165) is 0 Å². The number of anilines is 1. The Bertz CT molecular complexity index is 460. The lowest BCUT2D eigenvalue weighted by Gasteiger charge is -2.08. The smallest absolute Gasteiger partial charge is 0.251 e. The standard InChI is InChI=1S/C13H19N3O3/c1-2-19-11-7-9(6-10(14)8-11)13(18)16-5-3-4-12(15)17/h6-8H,2-5,14H2,1H3,(H2,15,17)(H,16,18). The van der Waals surface area contributed by atoms with E-state index in [1.165, 1.54) is 0 Å². The summed E-state index contributed by atoms with van der Waals surface area (Å²) in [5.41, 5.74) is 11.6. The second-order valence-corrected chi connectivity index (χ2v) is 4.05. The van der Waals surface area contributed by atoms with Crippen molar-refractivity contribution >= 4 is 17.5 Å². The molecule has 0 aromatic heterocycles. The van der Waals surface area contributed by atoms with Crippen molar-refractivity contribution in [1.82, 2.24) is 5.32 Å². The fraction of sp³-hybridized carbons (Fsp3) is 0.385. The number of hydrogen-bond acceptors (Lipinski definition) is 4. The number of amides is 2. The van der Waals surface area contributed by atoms with Crippen LogP contribution in [0.3, 0.4) is 0 Å². The van der Waals surface area contributed by atoms with Crippen molar-refractivity contribution in [2.75, 3.05) is 18.9 Å². The first-order valence-corrected chi connectivity index (χ1v) is 6.12. The quantitative estimate of drug-likeness (QED) is 0.497. The second kappa shape index (κ2) is 7.25. The molecule has 19 heavy (non-hydrogen) atoms. The van der Waals surface area contributed by atoms with Crippen molar-refractivity contribution in [2.24, 2.45) is 5.73 Å². The molecule has 0 unspecified atom stereocenters. The van der Waals surface area contributed by atoms with Crippen LogP contribution in [0.4, 0.5) is 5.69 Å². The minimum atomic E-state index is -0.378. The summed E-state index contributed by atoms with van der Waals surface area (Å²) in [6, 6.07) is 4.86. The maximum atomic E-state index is 11.9. The molecule has 0 aliphatic heterocycles. The van der Waals surface area contributed by atoms with E-state index in [4.69, 9.17) is 16.2 Å². The van der Waals surface area contributed by atoms with Crippen LogP contribution in [0.5, 0.6) is 5.75 Å². The molecule has 6 nitrogen and oxygen atoms in total. The molecular weight excluding hydrogens is 246 g/mol. The van der Waals surface area contributed by atoms with Crippen LogP contribution in [-0.4, -0.2) is 25.0 Å². The molecule has 2 amide bonds. The highest BCUT2D eigenvalue weighted by Gasteiger charge is 2.08.